The number of sulfonamides is 1. The summed E-state index contributed by atoms with van der Waals surface area (Å²) in [7, 11) is -2.35. The summed E-state index contributed by atoms with van der Waals surface area (Å²) >= 11 is 0. The summed E-state index contributed by atoms with van der Waals surface area (Å²) in [4.78, 5) is 19.1. The third-order valence-electron chi connectivity index (χ3n) is 6.29. The fraction of sp³-hybridized carbons (Fsp3) is 0.360. The molecule has 0 atom stereocenters. The fourth-order valence-electron chi connectivity index (χ4n) is 4.09. The number of hydrogen-bond acceptors (Lipinski definition) is 5. The van der Waals surface area contributed by atoms with E-state index in [-0.39, 0.29) is 22.9 Å². The molecule has 0 bridgehead atoms. The van der Waals surface area contributed by atoms with Crippen molar-refractivity contribution in [1.29, 1.82) is 0 Å². The fourth-order valence-corrected chi connectivity index (χ4v) is 5.13. The molecule has 0 spiro atoms. The number of benzene rings is 2. The lowest BCUT2D eigenvalue weighted by Gasteiger charge is -2.30. The minimum absolute atomic E-state index is 0.0349. The molecule has 4 rings (SSSR count). The molecule has 1 saturated heterocycles. The van der Waals surface area contributed by atoms with Crippen LogP contribution in [0, 0.1) is 12.8 Å². The molecule has 3 aromatic rings. The SMILES string of the molecule is COc1ccc(S(=O)(=O)NCc2ccc(-n3ccnc3C)cc2)cc1C(=O)N1CCC(C)CC1. The molecule has 1 N–H and O–H groups in total. The molecule has 1 aromatic heterocycles. The number of nitrogens with zero attached hydrogens (tertiary/aromatic N) is 3. The number of amides is 1. The monoisotopic (exact) mass is 482 g/mol. The van der Waals surface area contributed by atoms with Crippen LogP contribution in [0.1, 0.15) is 41.5 Å². The van der Waals surface area contributed by atoms with E-state index in [0.717, 1.165) is 29.9 Å². The van der Waals surface area contributed by atoms with Crippen molar-refractivity contribution < 1.29 is 17.9 Å². The van der Waals surface area contributed by atoms with E-state index in [4.69, 9.17) is 4.74 Å². The minimum atomic E-state index is -3.83. The van der Waals surface area contributed by atoms with E-state index < -0.39 is 10.0 Å². The number of ether oxygens (including phenoxy) is 1. The average molecular weight is 483 g/mol. The lowest BCUT2D eigenvalue weighted by Crippen LogP contribution is -2.38. The highest BCUT2D eigenvalue weighted by molar-refractivity contribution is 7.89. The van der Waals surface area contributed by atoms with Crippen LogP contribution in [-0.2, 0) is 16.6 Å². The van der Waals surface area contributed by atoms with Gasteiger partial charge in [-0.3, -0.25) is 4.79 Å². The zero-order valence-corrected chi connectivity index (χ0v) is 20.5. The zero-order chi connectivity index (χ0) is 24.3. The minimum Gasteiger partial charge on any atom is -0.496 e. The van der Waals surface area contributed by atoms with Crippen molar-refractivity contribution in [3.8, 4) is 11.4 Å². The van der Waals surface area contributed by atoms with Crippen LogP contribution in [-0.4, -0.2) is 49.0 Å². The van der Waals surface area contributed by atoms with Crippen LogP contribution in [0.5, 0.6) is 5.75 Å². The molecule has 8 nitrogen and oxygen atoms in total. The number of likely N-dealkylation sites (tertiary alicyclic amines) is 1. The summed E-state index contributed by atoms with van der Waals surface area (Å²) in [6.45, 7) is 5.54. The van der Waals surface area contributed by atoms with Crippen molar-refractivity contribution in [2.75, 3.05) is 20.2 Å². The summed E-state index contributed by atoms with van der Waals surface area (Å²) < 4.78 is 36.0. The molecule has 0 radical (unpaired) electrons. The van der Waals surface area contributed by atoms with Gasteiger partial charge < -0.3 is 14.2 Å². The summed E-state index contributed by atoms with van der Waals surface area (Å²) in [5, 5.41) is 0. The molecule has 1 aliphatic heterocycles. The number of carbonyl (C=O) groups excluding carboxylic acids is 1. The summed E-state index contributed by atoms with van der Waals surface area (Å²) in [5.41, 5.74) is 2.03. The second-order valence-corrected chi connectivity index (χ2v) is 10.4. The third-order valence-corrected chi connectivity index (χ3v) is 7.69. The Kier molecular flexibility index (Phi) is 7.04. The van der Waals surface area contributed by atoms with Crippen molar-refractivity contribution in [2.24, 2.45) is 5.92 Å². The quantitative estimate of drug-likeness (QED) is 0.556. The Balaban J connectivity index is 1.49. The van der Waals surface area contributed by atoms with E-state index in [0.29, 0.717) is 24.8 Å². The zero-order valence-electron chi connectivity index (χ0n) is 19.7. The standard InChI is InChI=1S/C25H30N4O4S/c1-18-10-13-28(14-11-18)25(30)23-16-22(8-9-24(23)33-3)34(31,32)27-17-20-4-6-21(7-5-20)29-15-12-26-19(29)2/h4-9,12,15-16,18,27H,10-11,13-14,17H2,1-3H3. The van der Waals surface area contributed by atoms with Crippen molar-refractivity contribution >= 4 is 15.9 Å². The van der Waals surface area contributed by atoms with Gasteiger partial charge in [0.15, 0.2) is 0 Å². The Morgan fingerprint density at radius 1 is 1.15 bits per heavy atom. The van der Waals surface area contributed by atoms with Gasteiger partial charge in [-0.2, -0.15) is 0 Å². The number of carbonyl (C=O) groups is 1. The predicted molar refractivity (Wildman–Crippen MR) is 130 cm³/mol. The third kappa shape index (κ3) is 5.15. The van der Waals surface area contributed by atoms with Gasteiger partial charge in [0.1, 0.15) is 11.6 Å². The first-order valence-electron chi connectivity index (χ1n) is 11.3. The van der Waals surface area contributed by atoms with Crippen LogP contribution >= 0.6 is 0 Å². The Hall–Kier alpha value is -3.17. The number of aromatic nitrogens is 2. The van der Waals surface area contributed by atoms with Gasteiger partial charge in [0.2, 0.25) is 10.0 Å². The molecule has 0 saturated carbocycles. The number of nitrogens with one attached hydrogen (secondary N) is 1. The summed E-state index contributed by atoms with van der Waals surface area (Å²) in [5.74, 6) is 1.62. The Labute approximate surface area is 200 Å². The highest BCUT2D eigenvalue weighted by atomic mass is 32.2. The van der Waals surface area contributed by atoms with Crippen molar-refractivity contribution in [2.45, 2.75) is 38.1 Å². The van der Waals surface area contributed by atoms with Gasteiger partial charge in [-0.15, -0.1) is 0 Å². The number of rotatable bonds is 7. The van der Waals surface area contributed by atoms with E-state index in [1.807, 2.05) is 42.0 Å². The van der Waals surface area contributed by atoms with E-state index in [1.54, 1.807) is 11.1 Å². The van der Waals surface area contributed by atoms with Gasteiger partial charge in [-0.25, -0.2) is 18.1 Å². The van der Waals surface area contributed by atoms with Crippen LogP contribution in [0.25, 0.3) is 5.69 Å². The number of hydrogen-bond donors (Lipinski definition) is 1. The predicted octanol–water partition coefficient (Wildman–Crippen LogP) is 3.54. The second-order valence-electron chi connectivity index (χ2n) is 8.67. The van der Waals surface area contributed by atoms with Crippen LogP contribution in [0.2, 0.25) is 0 Å². The molecule has 34 heavy (non-hydrogen) atoms. The van der Waals surface area contributed by atoms with Gasteiger partial charge in [0.05, 0.1) is 17.6 Å². The summed E-state index contributed by atoms with van der Waals surface area (Å²) in [6.07, 6.45) is 5.48. The normalized spacial score (nSPS) is 14.9. The largest absolute Gasteiger partial charge is 0.496 e. The van der Waals surface area contributed by atoms with Gasteiger partial charge in [0, 0.05) is 37.7 Å². The molecule has 2 aromatic carbocycles. The first-order valence-corrected chi connectivity index (χ1v) is 12.8. The maximum absolute atomic E-state index is 13.1. The van der Waals surface area contributed by atoms with Crippen LogP contribution in [0.15, 0.2) is 59.8 Å². The molecule has 0 aliphatic carbocycles. The maximum Gasteiger partial charge on any atom is 0.257 e. The Bertz CT molecular complexity index is 1260. The average Bonchev–Trinajstić information content (AvgIpc) is 3.28. The van der Waals surface area contributed by atoms with Crippen molar-refractivity contribution in [1.82, 2.24) is 19.2 Å². The molecular formula is C25H30N4O4S. The molecule has 1 amide bonds. The molecular weight excluding hydrogens is 452 g/mol. The number of imidazole rings is 1. The molecule has 180 valence electrons. The first-order chi connectivity index (χ1) is 16.3. The highest BCUT2D eigenvalue weighted by Crippen LogP contribution is 2.26. The molecule has 1 aliphatic rings. The Morgan fingerprint density at radius 3 is 2.47 bits per heavy atom. The van der Waals surface area contributed by atoms with Crippen molar-refractivity contribution in [3.63, 3.8) is 0 Å². The van der Waals surface area contributed by atoms with Crippen LogP contribution in [0.3, 0.4) is 0 Å². The Morgan fingerprint density at radius 2 is 1.85 bits per heavy atom. The topological polar surface area (TPSA) is 93.5 Å². The lowest BCUT2D eigenvalue weighted by molar-refractivity contribution is 0.0693. The van der Waals surface area contributed by atoms with Gasteiger partial charge in [-0.05, 0) is 61.6 Å². The number of methoxy groups -OCH3 is 1. The number of piperidine rings is 1. The molecule has 0 unspecified atom stereocenters. The summed E-state index contributed by atoms with van der Waals surface area (Å²) in [6, 6.07) is 12.0. The lowest BCUT2D eigenvalue weighted by atomic mass is 9.98. The van der Waals surface area contributed by atoms with E-state index >= 15 is 0 Å². The highest BCUT2D eigenvalue weighted by Gasteiger charge is 2.26. The molecule has 2 heterocycles. The number of aryl methyl sites for hydroxylation is 1. The maximum atomic E-state index is 13.1. The second kappa shape index (κ2) is 9.99. The first kappa shape index (κ1) is 24.0. The van der Waals surface area contributed by atoms with Crippen LogP contribution in [0.4, 0.5) is 0 Å². The van der Waals surface area contributed by atoms with Gasteiger partial charge in [0.25, 0.3) is 5.91 Å². The van der Waals surface area contributed by atoms with Crippen LogP contribution < -0.4 is 9.46 Å². The van der Waals surface area contributed by atoms with Gasteiger partial charge >= 0.3 is 0 Å². The molecule has 9 heteroatoms. The van der Waals surface area contributed by atoms with E-state index in [2.05, 4.69) is 16.6 Å². The van der Waals surface area contributed by atoms with Gasteiger partial charge in [-0.1, -0.05) is 19.1 Å². The molecule has 1 fully saturated rings. The van der Waals surface area contributed by atoms with Crippen molar-refractivity contribution in [3.05, 3.63) is 71.8 Å². The van der Waals surface area contributed by atoms with E-state index in [1.165, 1.54) is 25.3 Å². The van der Waals surface area contributed by atoms with E-state index in [9.17, 15) is 13.2 Å². The smallest absolute Gasteiger partial charge is 0.257 e.